The maximum Gasteiger partial charge on any atom is 0.233 e. The Bertz CT molecular complexity index is 951. The van der Waals surface area contributed by atoms with Crippen molar-refractivity contribution in [3.05, 3.63) is 64.9 Å². The van der Waals surface area contributed by atoms with Gasteiger partial charge in [0.15, 0.2) is 11.6 Å². The van der Waals surface area contributed by atoms with Crippen LogP contribution in [0.5, 0.6) is 5.75 Å². The molecular formula is C25H27ClFNO3. The minimum absolute atomic E-state index is 0.161. The number of hydrogen-bond donors (Lipinski definition) is 0. The second-order valence-electron chi connectivity index (χ2n) is 9.10. The van der Waals surface area contributed by atoms with Gasteiger partial charge < -0.3 is 14.4 Å². The van der Waals surface area contributed by atoms with Crippen LogP contribution in [-0.2, 0) is 14.9 Å². The number of hydrogen-bond acceptors (Lipinski definition) is 3. The summed E-state index contributed by atoms with van der Waals surface area (Å²) in [7, 11) is 0. The summed E-state index contributed by atoms with van der Waals surface area (Å²) in [5.41, 5.74) is 0.394. The van der Waals surface area contributed by atoms with Gasteiger partial charge in [0, 0.05) is 24.5 Å². The van der Waals surface area contributed by atoms with Crippen LogP contribution in [0, 0.1) is 5.82 Å². The van der Waals surface area contributed by atoms with Gasteiger partial charge in [-0.25, -0.2) is 4.39 Å². The van der Waals surface area contributed by atoms with Crippen molar-refractivity contribution >= 4 is 17.5 Å². The van der Waals surface area contributed by atoms with Gasteiger partial charge >= 0.3 is 0 Å². The number of benzene rings is 2. The molecule has 1 saturated carbocycles. The molecule has 1 amide bonds. The molecule has 0 unspecified atom stereocenters. The van der Waals surface area contributed by atoms with Crippen LogP contribution in [0.1, 0.15) is 44.1 Å². The average molecular weight is 444 g/mol. The first kappa shape index (κ1) is 20.8. The Morgan fingerprint density at radius 3 is 2.42 bits per heavy atom. The lowest BCUT2D eigenvalue weighted by Crippen LogP contribution is -2.55. The van der Waals surface area contributed by atoms with Gasteiger partial charge in [-0.2, -0.15) is 0 Å². The first-order valence-electron chi connectivity index (χ1n) is 11.1. The number of carbonyl (C=O) groups excluding carboxylic acids is 1. The molecule has 0 N–H and O–H groups in total. The number of halogens is 2. The number of amides is 1. The minimum Gasteiger partial charge on any atom is -0.485 e. The summed E-state index contributed by atoms with van der Waals surface area (Å²) in [6.07, 6.45) is 5.00. The lowest BCUT2D eigenvalue weighted by atomic mass is 9.63. The molecule has 3 fully saturated rings. The number of para-hydroxylation sites is 1. The Balaban J connectivity index is 1.22. The van der Waals surface area contributed by atoms with E-state index >= 15 is 0 Å². The van der Waals surface area contributed by atoms with Gasteiger partial charge in [0.2, 0.25) is 5.91 Å². The molecule has 2 aromatic carbocycles. The molecular weight excluding hydrogens is 417 g/mol. The fourth-order valence-corrected chi connectivity index (χ4v) is 5.42. The fourth-order valence-electron chi connectivity index (χ4n) is 5.29. The minimum atomic E-state index is -0.401. The summed E-state index contributed by atoms with van der Waals surface area (Å²) in [6.45, 7) is 1.82. The van der Waals surface area contributed by atoms with E-state index in [4.69, 9.17) is 21.1 Å². The average Bonchev–Trinajstić information content (AvgIpc) is 3.13. The van der Waals surface area contributed by atoms with Crippen LogP contribution >= 0.6 is 11.6 Å². The summed E-state index contributed by atoms with van der Waals surface area (Å²) in [4.78, 5) is 15.5. The van der Waals surface area contributed by atoms with Crippen LogP contribution in [-0.4, -0.2) is 42.2 Å². The molecule has 2 aliphatic heterocycles. The topological polar surface area (TPSA) is 38.8 Å². The molecule has 2 aromatic rings. The summed E-state index contributed by atoms with van der Waals surface area (Å²) < 4.78 is 25.9. The predicted octanol–water partition coefficient (Wildman–Crippen LogP) is 5.13. The highest BCUT2D eigenvalue weighted by Gasteiger charge is 2.50. The number of rotatable bonds is 4. The van der Waals surface area contributed by atoms with Crippen molar-refractivity contribution in [2.45, 2.75) is 55.6 Å². The van der Waals surface area contributed by atoms with Crippen molar-refractivity contribution in [3.63, 3.8) is 0 Å². The smallest absolute Gasteiger partial charge is 0.233 e. The molecule has 2 saturated heterocycles. The van der Waals surface area contributed by atoms with Gasteiger partial charge in [-0.15, -0.1) is 0 Å². The van der Waals surface area contributed by atoms with Crippen LogP contribution in [0.15, 0.2) is 48.5 Å². The zero-order valence-electron chi connectivity index (χ0n) is 17.5. The van der Waals surface area contributed by atoms with Crippen LogP contribution in [0.2, 0.25) is 5.02 Å². The molecule has 164 valence electrons. The van der Waals surface area contributed by atoms with Crippen LogP contribution < -0.4 is 4.74 Å². The third-order valence-corrected chi connectivity index (χ3v) is 7.53. The van der Waals surface area contributed by atoms with Crippen molar-refractivity contribution in [3.8, 4) is 5.75 Å². The summed E-state index contributed by atoms with van der Waals surface area (Å²) in [6, 6.07) is 14.2. The van der Waals surface area contributed by atoms with E-state index in [1.54, 1.807) is 18.2 Å². The second-order valence-corrected chi connectivity index (χ2v) is 9.54. The van der Waals surface area contributed by atoms with Gasteiger partial charge in [0.05, 0.1) is 17.6 Å². The predicted molar refractivity (Wildman–Crippen MR) is 117 cm³/mol. The molecule has 1 aliphatic carbocycles. The number of nitrogens with zero attached hydrogens (tertiary/aromatic N) is 1. The van der Waals surface area contributed by atoms with E-state index in [0.717, 1.165) is 44.1 Å². The van der Waals surface area contributed by atoms with Crippen molar-refractivity contribution in [1.29, 1.82) is 0 Å². The Morgan fingerprint density at radius 1 is 1.06 bits per heavy atom. The first-order valence-corrected chi connectivity index (χ1v) is 11.5. The van der Waals surface area contributed by atoms with Crippen molar-refractivity contribution in [1.82, 2.24) is 4.90 Å². The second kappa shape index (κ2) is 8.10. The highest BCUT2D eigenvalue weighted by Crippen LogP contribution is 2.47. The summed E-state index contributed by atoms with van der Waals surface area (Å²) in [5.74, 6) is 0.153. The number of ether oxygens (including phenoxy) is 2. The highest BCUT2D eigenvalue weighted by molar-refractivity contribution is 6.30. The monoisotopic (exact) mass is 443 g/mol. The maximum atomic E-state index is 13.9. The zero-order valence-corrected chi connectivity index (χ0v) is 18.2. The lowest BCUT2D eigenvalue weighted by molar-refractivity contribution is -0.145. The molecule has 1 atom stereocenters. The molecule has 3 aliphatic rings. The summed E-state index contributed by atoms with van der Waals surface area (Å²) >= 11 is 6.05. The quantitative estimate of drug-likeness (QED) is 0.657. The first-order chi connectivity index (χ1) is 15.0. The van der Waals surface area contributed by atoms with Gasteiger partial charge in [-0.3, -0.25) is 4.79 Å². The lowest BCUT2D eigenvalue weighted by Gasteiger charge is -2.47. The van der Waals surface area contributed by atoms with Gasteiger partial charge in [0.25, 0.3) is 0 Å². The van der Waals surface area contributed by atoms with Gasteiger partial charge in [-0.1, -0.05) is 42.3 Å². The van der Waals surface area contributed by atoms with E-state index in [1.165, 1.54) is 6.07 Å². The largest absolute Gasteiger partial charge is 0.485 e. The van der Waals surface area contributed by atoms with Crippen LogP contribution in [0.25, 0.3) is 0 Å². The Kier molecular flexibility index (Phi) is 5.43. The fraction of sp³-hybridized carbons (Fsp3) is 0.480. The van der Waals surface area contributed by atoms with Gasteiger partial charge in [-0.05, 0) is 55.5 Å². The third-order valence-electron chi connectivity index (χ3n) is 7.28. The van der Waals surface area contributed by atoms with E-state index in [9.17, 15) is 9.18 Å². The number of likely N-dealkylation sites (tertiary alicyclic amines) is 1. The SMILES string of the molecule is O=C(N1CCC2(CC1)C[C@@H](Oc1ccccc1F)CO2)C1(c2ccc(Cl)cc2)CCC1. The Labute approximate surface area is 187 Å². The van der Waals surface area contributed by atoms with E-state index in [1.807, 2.05) is 29.2 Å². The molecule has 0 radical (unpaired) electrons. The molecule has 2 heterocycles. The van der Waals surface area contributed by atoms with Crippen LogP contribution in [0.4, 0.5) is 4.39 Å². The van der Waals surface area contributed by atoms with Crippen molar-refractivity contribution < 1.29 is 18.7 Å². The molecule has 0 aromatic heterocycles. The Hall–Kier alpha value is -2.11. The summed E-state index contributed by atoms with van der Waals surface area (Å²) in [5, 5.41) is 0.691. The zero-order chi connectivity index (χ0) is 21.5. The molecule has 1 spiro atoms. The van der Waals surface area contributed by atoms with Crippen molar-refractivity contribution in [2.24, 2.45) is 0 Å². The number of carbonyl (C=O) groups is 1. The molecule has 5 rings (SSSR count). The molecule has 0 bridgehead atoms. The normalized spacial score (nSPS) is 24.1. The Morgan fingerprint density at radius 2 is 1.77 bits per heavy atom. The van der Waals surface area contributed by atoms with Crippen molar-refractivity contribution in [2.75, 3.05) is 19.7 Å². The van der Waals surface area contributed by atoms with E-state index in [-0.39, 0.29) is 29.2 Å². The van der Waals surface area contributed by atoms with Gasteiger partial charge in [0.1, 0.15) is 6.10 Å². The molecule has 4 nitrogen and oxygen atoms in total. The highest BCUT2D eigenvalue weighted by atomic mass is 35.5. The molecule has 6 heteroatoms. The third kappa shape index (κ3) is 3.83. The van der Waals surface area contributed by atoms with E-state index < -0.39 is 5.41 Å². The van der Waals surface area contributed by atoms with E-state index in [0.29, 0.717) is 24.7 Å². The standard InChI is InChI=1S/C25H27ClFNO3/c26-19-8-6-18(7-9-19)25(10-3-11-25)23(29)28-14-12-24(13-15-28)16-20(17-30-24)31-22-5-2-1-4-21(22)27/h1-2,4-9,20H,3,10-17H2/t20-/m1/s1. The van der Waals surface area contributed by atoms with Crippen LogP contribution in [0.3, 0.4) is 0 Å². The molecule has 31 heavy (non-hydrogen) atoms. The van der Waals surface area contributed by atoms with E-state index in [2.05, 4.69) is 0 Å². The number of piperidine rings is 1. The maximum absolute atomic E-state index is 13.9.